The third-order valence-corrected chi connectivity index (χ3v) is 3.73. The van der Waals surface area contributed by atoms with Crippen LogP contribution in [0.5, 0.6) is 0 Å². The second-order valence-corrected chi connectivity index (χ2v) is 5.61. The molecule has 0 aliphatic rings. The van der Waals surface area contributed by atoms with Crippen molar-refractivity contribution in [2.24, 2.45) is 0 Å². The van der Waals surface area contributed by atoms with E-state index in [0.29, 0.717) is 0 Å². The van der Waals surface area contributed by atoms with Crippen LogP contribution in [0.2, 0.25) is 10.0 Å². The summed E-state index contributed by atoms with van der Waals surface area (Å²) in [6.07, 6.45) is 0. The predicted molar refractivity (Wildman–Crippen MR) is 93.5 cm³/mol. The molecule has 0 radical (unpaired) electrons. The fourth-order valence-electron chi connectivity index (χ4n) is 1.95. The van der Waals surface area contributed by atoms with Crippen LogP contribution in [0.4, 0.5) is 11.4 Å². The molecule has 0 unspecified atom stereocenters. The second kappa shape index (κ2) is 7.96. The van der Waals surface area contributed by atoms with Crippen LogP contribution in [0.1, 0.15) is 27.6 Å². The molecule has 130 valence electrons. The van der Waals surface area contributed by atoms with Crippen LogP contribution in [0, 0.1) is 10.1 Å². The average molecular weight is 383 g/mol. The number of nitrogens with zero attached hydrogens (tertiary/aromatic N) is 1. The molecule has 0 bridgehead atoms. The number of esters is 1. The first-order chi connectivity index (χ1) is 11.8. The lowest BCUT2D eigenvalue weighted by atomic mass is 10.1. The maximum Gasteiger partial charge on any atom is 0.338 e. The van der Waals surface area contributed by atoms with Gasteiger partial charge in [-0.1, -0.05) is 23.2 Å². The molecule has 1 N–H and O–H groups in total. The van der Waals surface area contributed by atoms with Crippen molar-refractivity contribution >= 4 is 46.5 Å². The summed E-state index contributed by atoms with van der Waals surface area (Å²) in [5.74, 6) is -1.14. The number of rotatable bonds is 5. The number of amides is 1. The SMILES string of the molecule is CCOC(=O)c1cc(Cl)c(NC(=O)c2ccc([N+](=O)[O-])cc2)c(Cl)c1. The maximum absolute atomic E-state index is 12.2. The van der Waals surface area contributed by atoms with Crippen molar-refractivity contribution in [1.82, 2.24) is 0 Å². The van der Waals surface area contributed by atoms with E-state index in [0.717, 1.165) is 0 Å². The van der Waals surface area contributed by atoms with Gasteiger partial charge >= 0.3 is 5.97 Å². The minimum Gasteiger partial charge on any atom is -0.462 e. The third kappa shape index (κ3) is 4.46. The molecule has 0 saturated heterocycles. The van der Waals surface area contributed by atoms with Gasteiger partial charge in [-0.15, -0.1) is 0 Å². The van der Waals surface area contributed by atoms with E-state index in [-0.39, 0.29) is 39.2 Å². The van der Waals surface area contributed by atoms with E-state index in [1.807, 2.05) is 0 Å². The lowest BCUT2D eigenvalue weighted by Gasteiger charge is -2.11. The number of nitro groups is 1. The highest BCUT2D eigenvalue weighted by atomic mass is 35.5. The molecular weight excluding hydrogens is 371 g/mol. The Kier molecular flexibility index (Phi) is 5.95. The lowest BCUT2D eigenvalue weighted by molar-refractivity contribution is -0.384. The molecule has 0 aromatic heterocycles. The average Bonchev–Trinajstić information content (AvgIpc) is 2.58. The number of anilines is 1. The minimum atomic E-state index is -0.584. The van der Waals surface area contributed by atoms with E-state index < -0.39 is 16.8 Å². The summed E-state index contributed by atoms with van der Waals surface area (Å²) >= 11 is 12.2. The smallest absolute Gasteiger partial charge is 0.338 e. The number of hydrogen-bond donors (Lipinski definition) is 1. The number of carbonyl (C=O) groups is 2. The van der Waals surface area contributed by atoms with Gasteiger partial charge in [-0.2, -0.15) is 0 Å². The molecule has 2 aromatic rings. The Morgan fingerprint density at radius 2 is 1.68 bits per heavy atom. The fourth-order valence-corrected chi connectivity index (χ4v) is 2.53. The van der Waals surface area contributed by atoms with Crippen molar-refractivity contribution in [3.63, 3.8) is 0 Å². The van der Waals surface area contributed by atoms with Crippen molar-refractivity contribution < 1.29 is 19.2 Å². The summed E-state index contributed by atoms with van der Waals surface area (Å²) < 4.78 is 4.86. The van der Waals surface area contributed by atoms with Crippen LogP contribution in [-0.2, 0) is 4.74 Å². The van der Waals surface area contributed by atoms with Gasteiger partial charge in [-0.25, -0.2) is 4.79 Å². The largest absolute Gasteiger partial charge is 0.462 e. The molecule has 25 heavy (non-hydrogen) atoms. The first kappa shape index (κ1) is 18.7. The number of non-ortho nitro benzene ring substituents is 1. The first-order valence-electron chi connectivity index (χ1n) is 7.05. The van der Waals surface area contributed by atoms with E-state index >= 15 is 0 Å². The monoisotopic (exact) mass is 382 g/mol. The molecule has 1 amide bonds. The van der Waals surface area contributed by atoms with E-state index in [9.17, 15) is 19.7 Å². The molecule has 0 spiro atoms. The molecular formula is C16H12Cl2N2O5. The zero-order chi connectivity index (χ0) is 18.6. The molecule has 2 aromatic carbocycles. The maximum atomic E-state index is 12.2. The van der Waals surface area contributed by atoms with Gasteiger partial charge in [0.2, 0.25) is 0 Å². The van der Waals surface area contributed by atoms with E-state index in [2.05, 4.69) is 5.32 Å². The van der Waals surface area contributed by atoms with E-state index in [1.165, 1.54) is 36.4 Å². The Balaban J connectivity index is 2.23. The van der Waals surface area contributed by atoms with Crippen molar-refractivity contribution in [2.45, 2.75) is 6.92 Å². The molecule has 0 fully saturated rings. The van der Waals surface area contributed by atoms with Crippen LogP contribution in [-0.4, -0.2) is 23.4 Å². The summed E-state index contributed by atoms with van der Waals surface area (Å²) in [4.78, 5) is 34.0. The van der Waals surface area contributed by atoms with Crippen molar-refractivity contribution in [1.29, 1.82) is 0 Å². The van der Waals surface area contributed by atoms with Crippen LogP contribution in [0.3, 0.4) is 0 Å². The van der Waals surface area contributed by atoms with Crippen LogP contribution in [0.15, 0.2) is 36.4 Å². The summed E-state index contributed by atoms with van der Waals surface area (Å²) in [5, 5.41) is 13.3. The van der Waals surface area contributed by atoms with Gasteiger partial charge in [0.25, 0.3) is 11.6 Å². The van der Waals surface area contributed by atoms with Crippen molar-refractivity contribution in [3.05, 3.63) is 67.7 Å². The summed E-state index contributed by atoms with van der Waals surface area (Å²) in [5.41, 5.74) is 0.337. The van der Waals surface area contributed by atoms with Gasteiger partial charge < -0.3 is 10.1 Å². The highest BCUT2D eigenvalue weighted by Crippen LogP contribution is 2.32. The molecule has 2 rings (SSSR count). The van der Waals surface area contributed by atoms with Gasteiger partial charge in [0, 0.05) is 17.7 Å². The fraction of sp³-hybridized carbons (Fsp3) is 0.125. The molecule has 0 saturated carbocycles. The standard InChI is InChI=1S/C16H12Cl2N2O5/c1-2-25-16(22)10-7-12(17)14(13(18)8-10)19-15(21)9-3-5-11(6-4-9)20(23)24/h3-8H,2H2,1H3,(H,19,21). The Labute approximate surface area is 152 Å². The second-order valence-electron chi connectivity index (χ2n) is 4.79. The summed E-state index contributed by atoms with van der Waals surface area (Å²) in [7, 11) is 0. The highest BCUT2D eigenvalue weighted by molar-refractivity contribution is 6.40. The summed E-state index contributed by atoms with van der Waals surface area (Å²) in [6.45, 7) is 1.87. The molecule has 7 nitrogen and oxygen atoms in total. The van der Waals surface area contributed by atoms with Gasteiger partial charge in [0.15, 0.2) is 0 Å². The number of ether oxygens (including phenoxy) is 1. The zero-order valence-electron chi connectivity index (χ0n) is 12.9. The van der Waals surface area contributed by atoms with Crippen LogP contribution in [0.25, 0.3) is 0 Å². The van der Waals surface area contributed by atoms with Gasteiger partial charge in [-0.05, 0) is 31.2 Å². The predicted octanol–water partition coefficient (Wildman–Crippen LogP) is 4.33. The zero-order valence-corrected chi connectivity index (χ0v) is 14.4. The van der Waals surface area contributed by atoms with Crippen LogP contribution < -0.4 is 5.32 Å². The topological polar surface area (TPSA) is 98.5 Å². The Morgan fingerprint density at radius 3 is 2.16 bits per heavy atom. The molecule has 9 heteroatoms. The molecule has 0 aliphatic heterocycles. The number of nitro benzene ring substituents is 1. The minimum absolute atomic E-state index is 0.0609. The first-order valence-corrected chi connectivity index (χ1v) is 7.81. The van der Waals surface area contributed by atoms with E-state index in [4.69, 9.17) is 27.9 Å². The lowest BCUT2D eigenvalue weighted by Crippen LogP contribution is -2.13. The Hall–Kier alpha value is -2.64. The molecule has 0 atom stereocenters. The normalized spacial score (nSPS) is 10.2. The van der Waals surface area contributed by atoms with Crippen molar-refractivity contribution in [3.8, 4) is 0 Å². The van der Waals surface area contributed by atoms with Crippen LogP contribution >= 0.6 is 23.2 Å². The number of nitrogens with one attached hydrogen (secondary N) is 1. The highest BCUT2D eigenvalue weighted by Gasteiger charge is 2.17. The van der Waals surface area contributed by atoms with E-state index in [1.54, 1.807) is 6.92 Å². The number of benzene rings is 2. The molecule has 0 aliphatic carbocycles. The van der Waals surface area contributed by atoms with Crippen molar-refractivity contribution in [2.75, 3.05) is 11.9 Å². The quantitative estimate of drug-likeness (QED) is 0.471. The Bertz CT molecular complexity index is 814. The Morgan fingerprint density at radius 1 is 1.12 bits per heavy atom. The van der Waals surface area contributed by atoms with Gasteiger partial charge in [0.05, 0.1) is 32.8 Å². The molecule has 0 heterocycles. The number of halogens is 2. The third-order valence-electron chi connectivity index (χ3n) is 3.13. The van der Waals surface area contributed by atoms with Gasteiger partial charge in [0.1, 0.15) is 0 Å². The van der Waals surface area contributed by atoms with Gasteiger partial charge in [-0.3, -0.25) is 14.9 Å². The summed E-state index contributed by atoms with van der Waals surface area (Å²) in [6, 6.07) is 7.70. The number of hydrogen-bond acceptors (Lipinski definition) is 5. The number of carbonyl (C=O) groups excluding carboxylic acids is 2.